The lowest BCUT2D eigenvalue weighted by Crippen LogP contribution is -2.45. The molecule has 11 heteroatoms. The molecule has 0 aromatic heterocycles. The molecule has 0 heterocycles. The summed E-state index contributed by atoms with van der Waals surface area (Å²) in [6.45, 7) is 0.0638. The van der Waals surface area contributed by atoms with Crippen molar-refractivity contribution in [3.8, 4) is 0 Å². The molecule has 1 atom stereocenters. The zero-order valence-electron chi connectivity index (χ0n) is 15.4. The Balaban J connectivity index is 0. The summed E-state index contributed by atoms with van der Waals surface area (Å²) >= 11 is 0. The van der Waals surface area contributed by atoms with Gasteiger partial charge in [-0.05, 0) is 24.8 Å². The number of nitrogens with one attached hydrogen (secondary N) is 4. The van der Waals surface area contributed by atoms with Crippen molar-refractivity contribution in [1.82, 2.24) is 16.0 Å². The number of guanidine groups is 1. The molecule has 0 fully saturated rings. The van der Waals surface area contributed by atoms with Gasteiger partial charge in [0.15, 0.2) is 5.96 Å². The second-order valence-corrected chi connectivity index (χ2v) is 5.70. The number of carbonyl (C=O) groups is 3. The first-order valence-corrected chi connectivity index (χ1v) is 8.29. The van der Waals surface area contributed by atoms with Crippen molar-refractivity contribution < 1.29 is 25.0 Å². The van der Waals surface area contributed by atoms with E-state index in [1.807, 2.05) is 30.3 Å². The second kappa shape index (κ2) is 15.2. The van der Waals surface area contributed by atoms with Crippen LogP contribution in [-0.2, 0) is 20.8 Å². The third-order valence-corrected chi connectivity index (χ3v) is 3.55. The topological polar surface area (TPSA) is 189 Å². The van der Waals surface area contributed by atoms with E-state index < -0.39 is 17.9 Å². The fraction of sp³-hybridized carbons (Fsp3) is 0.412. The largest absolute Gasteiger partial charge is 0.480 e. The Morgan fingerprint density at radius 3 is 2.32 bits per heavy atom. The third kappa shape index (κ3) is 12.5. The minimum atomic E-state index is -1.16. The molecular formula is C17H28ClN5O5. The molecule has 0 saturated heterocycles. The van der Waals surface area contributed by atoms with E-state index in [0.717, 1.165) is 5.56 Å². The van der Waals surface area contributed by atoms with Crippen LogP contribution in [-0.4, -0.2) is 53.5 Å². The van der Waals surface area contributed by atoms with E-state index in [9.17, 15) is 14.4 Å². The normalized spacial score (nSPS) is 10.4. The average Bonchev–Trinajstić information content (AvgIpc) is 2.61. The first-order chi connectivity index (χ1) is 12.4. The number of aliphatic carboxylic acids is 1. The first-order valence-electron chi connectivity index (χ1n) is 8.29. The highest BCUT2D eigenvalue weighted by Crippen LogP contribution is 2.02. The molecule has 2 amide bonds. The van der Waals surface area contributed by atoms with Crippen molar-refractivity contribution in [2.75, 3.05) is 13.1 Å². The predicted molar refractivity (Wildman–Crippen MR) is 107 cm³/mol. The molecule has 0 aliphatic carbocycles. The summed E-state index contributed by atoms with van der Waals surface area (Å²) in [5.41, 5.74) is 6.15. The molecule has 1 rings (SSSR count). The van der Waals surface area contributed by atoms with E-state index in [2.05, 4.69) is 16.0 Å². The molecule has 1 aromatic carbocycles. The number of benzene rings is 1. The van der Waals surface area contributed by atoms with Gasteiger partial charge in [-0.15, -0.1) is 12.4 Å². The van der Waals surface area contributed by atoms with E-state index >= 15 is 0 Å². The number of nitrogens with two attached hydrogens (primary N) is 1. The van der Waals surface area contributed by atoms with Crippen LogP contribution in [0.15, 0.2) is 30.3 Å². The molecule has 10 nitrogen and oxygen atoms in total. The number of hydrogen-bond donors (Lipinski definition) is 6. The molecule has 1 aromatic rings. The van der Waals surface area contributed by atoms with Gasteiger partial charge in [0.25, 0.3) is 0 Å². The van der Waals surface area contributed by atoms with Gasteiger partial charge < -0.3 is 32.3 Å². The summed E-state index contributed by atoms with van der Waals surface area (Å²) in [5.74, 6) is -2.19. The summed E-state index contributed by atoms with van der Waals surface area (Å²) in [6.07, 6.45) is 1.41. The third-order valence-electron chi connectivity index (χ3n) is 3.55. The monoisotopic (exact) mass is 417 g/mol. The Hall–Kier alpha value is -2.85. The molecule has 0 aliphatic heterocycles. The Bertz CT molecular complexity index is 630. The smallest absolute Gasteiger partial charge is 0.326 e. The summed E-state index contributed by atoms with van der Waals surface area (Å²) in [6, 6.07) is 8.44. The number of carbonyl (C=O) groups excluding carboxylic acids is 2. The van der Waals surface area contributed by atoms with Gasteiger partial charge in [0.2, 0.25) is 11.8 Å². The highest BCUT2D eigenvalue weighted by Gasteiger charge is 2.19. The number of carboxylic acid groups (broad SMARTS) is 1. The Labute approximate surface area is 169 Å². The summed E-state index contributed by atoms with van der Waals surface area (Å²) in [4.78, 5) is 34.8. The van der Waals surface area contributed by atoms with Crippen LogP contribution in [0, 0.1) is 5.41 Å². The van der Waals surface area contributed by atoms with Gasteiger partial charge in [-0.25, -0.2) is 4.79 Å². The standard InChI is InChI=1S/C17H25N5O4.ClH.H2O/c18-17(19)20-10-4-7-13(16(25)26)22-15(24)11-21-14(23)9-8-12-5-2-1-3-6-12;;/h1-3,5-6,13H,4,7-11H2,(H,21,23)(H,22,24)(H,25,26)(H4,18,19,20);1H;1H2/t13-;;/m0../s1. The van der Waals surface area contributed by atoms with Crippen molar-refractivity contribution in [3.63, 3.8) is 0 Å². The van der Waals surface area contributed by atoms with Gasteiger partial charge in [-0.2, -0.15) is 0 Å². The number of halogens is 1. The van der Waals surface area contributed by atoms with E-state index in [-0.39, 0.29) is 49.1 Å². The number of amides is 2. The molecule has 0 unspecified atom stereocenters. The van der Waals surface area contributed by atoms with Crippen molar-refractivity contribution in [3.05, 3.63) is 35.9 Å². The lowest BCUT2D eigenvalue weighted by Gasteiger charge is -2.15. The molecule has 9 N–H and O–H groups in total. The van der Waals surface area contributed by atoms with E-state index in [1.54, 1.807) is 0 Å². The van der Waals surface area contributed by atoms with Crippen LogP contribution < -0.4 is 21.7 Å². The number of carboxylic acids is 1. The van der Waals surface area contributed by atoms with Crippen LogP contribution in [0.4, 0.5) is 0 Å². The summed E-state index contributed by atoms with van der Waals surface area (Å²) in [5, 5.41) is 23.5. The Morgan fingerprint density at radius 2 is 1.75 bits per heavy atom. The fourth-order valence-corrected chi connectivity index (χ4v) is 2.20. The van der Waals surface area contributed by atoms with Gasteiger partial charge in [0.05, 0.1) is 6.54 Å². The zero-order chi connectivity index (χ0) is 19.4. The van der Waals surface area contributed by atoms with Gasteiger partial charge >= 0.3 is 5.97 Å². The van der Waals surface area contributed by atoms with E-state index in [0.29, 0.717) is 19.4 Å². The summed E-state index contributed by atoms with van der Waals surface area (Å²) in [7, 11) is 0. The minimum absolute atomic E-state index is 0. The molecular weight excluding hydrogens is 390 g/mol. The van der Waals surface area contributed by atoms with Crippen molar-refractivity contribution in [2.45, 2.75) is 31.7 Å². The summed E-state index contributed by atoms with van der Waals surface area (Å²) < 4.78 is 0. The number of rotatable bonds is 11. The molecule has 0 aliphatic rings. The number of hydrogen-bond acceptors (Lipinski definition) is 4. The van der Waals surface area contributed by atoms with E-state index in [1.165, 1.54) is 0 Å². The van der Waals surface area contributed by atoms with Gasteiger partial charge in [0, 0.05) is 13.0 Å². The van der Waals surface area contributed by atoms with E-state index in [4.69, 9.17) is 16.2 Å². The molecule has 28 heavy (non-hydrogen) atoms. The van der Waals surface area contributed by atoms with Crippen LogP contribution in [0.1, 0.15) is 24.8 Å². The molecule has 0 saturated carbocycles. The average molecular weight is 418 g/mol. The fourth-order valence-electron chi connectivity index (χ4n) is 2.20. The molecule has 0 radical (unpaired) electrons. The van der Waals surface area contributed by atoms with Crippen molar-refractivity contribution >= 4 is 36.2 Å². The van der Waals surface area contributed by atoms with Gasteiger partial charge in [-0.3, -0.25) is 15.0 Å². The molecule has 0 bridgehead atoms. The predicted octanol–water partition coefficient (Wildman–Crippen LogP) is -0.835. The van der Waals surface area contributed by atoms with Crippen LogP contribution >= 0.6 is 12.4 Å². The van der Waals surface area contributed by atoms with Crippen molar-refractivity contribution in [2.24, 2.45) is 5.73 Å². The van der Waals surface area contributed by atoms with Gasteiger partial charge in [-0.1, -0.05) is 30.3 Å². The highest BCUT2D eigenvalue weighted by molar-refractivity contribution is 5.87. The Morgan fingerprint density at radius 1 is 1.11 bits per heavy atom. The highest BCUT2D eigenvalue weighted by atomic mass is 35.5. The first kappa shape index (κ1) is 27.4. The lowest BCUT2D eigenvalue weighted by molar-refractivity contribution is -0.141. The Kier molecular flexibility index (Phi) is 14.9. The molecule has 0 spiro atoms. The van der Waals surface area contributed by atoms with Gasteiger partial charge in [0.1, 0.15) is 6.04 Å². The molecule has 158 valence electrons. The maximum atomic E-state index is 11.8. The number of aryl methyl sites for hydroxylation is 1. The minimum Gasteiger partial charge on any atom is -0.480 e. The quantitative estimate of drug-likeness (QED) is 0.154. The van der Waals surface area contributed by atoms with Crippen LogP contribution in [0.3, 0.4) is 0 Å². The maximum absolute atomic E-state index is 11.8. The van der Waals surface area contributed by atoms with Crippen LogP contribution in [0.2, 0.25) is 0 Å². The lowest BCUT2D eigenvalue weighted by atomic mass is 10.1. The maximum Gasteiger partial charge on any atom is 0.326 e. The second-order valence-electron chi connectivity index (χ2n) is 5.70. The SMILES string of the molecule is Cl.N=C(N)NCCC[C@H](NC(=O)CNC(=O)CCc1ccccc1)C(=O)O.O. The van der Waals surface area contributed by atoms with Crippen LogP contribution in [0.25, 0.3) is 0 Å². The van der Waals surface area contributed by atoms with Crippen LogP contribution in [0.5, 0.6) is 0 Å². The van der Waals surface area contributed by atoms with Crippen molar-refractivity contribution in [1.29, 1.82) is 5.41 Å². The zero-order valence-corrected chi connectivity index (χ0v) is 16.2.